The molecule has 4 N–H and O–H groups in total. The van der Waals surface area contributed by atoms with Crippen molar-refractivity contribution in [1.82, 2.24) is 0 Å². The van der Waals surface area contributed by atoms with Gasteiger partial charge in [-0.05, 0) is 12.1 Å². The van der Waals surface area contributed by atoms with Crippen molar-refractivity contribution >= 4 is 24.1 Å². The fourth-order valence-corrected chi connectivity index (χ4v) is 1.04. The van der Waals surface area contributed by atoms with Crippen LogP contribution in [0.4, 0.5) is 5.69 Å². The van der Waals surface area contributed by atoms with E-state index in [4.69, 9.17) is 20.9 Å². The SMILES string of the molecule is COc1ccc(N=C(N)N)cc1OC.Cl. The van der Waals surface area contributed by atoms with E-state index in [1.54, 1.807) is 32.4 Å². The van der Waals surface area contributed by atoms with E-state index in [0.29, 0.717) is 17.2 Å². The van der Waals surface area contributed by atoms with E-state index in [2.05, 4.69) is 4.99 Å². The molecule has 0 amide bonds. The number of hydrogen-bond acceptors (Lipinski definition) is 3. The number of nitrogens with two attached hydrogens (primary N) is 2. The maximum Gasteiger partial charge on any atom is 0.191 e. The first kappa shape index (κ1) is 13.4. The van der Waals surface area contributed by atoms with E-state index >= 15 is 0 Å². The van der Waals surface area contributed by atoms with Crippen LogP contribution in [0.1, 0.15) is 0 Å². The molecular formula is C9H14ClN3O2. The van der Waals surface area contributed by atoms with Crippen LogP contribution in [0.2, 0.25) is 0 Å². The highest BCUT2D eigenvalue weighted by Gasteiger charge is 2.03. The minimum absolute atomic E-state index is 0. The number of hydrogen-bond donors (Lipinski definition) is 2. The van der Waals surface area contributed by atoms with E-state index in [0.717, 1.165) is 0 Å². The Morgan fingerprint density at radius 1 is 1.13 bits per heavy atom. The Labute approximate surface area is 94.5 Å². The molecule has 0 saturated heterocycles. The van der Waals surface area contributed by atoms with Crippen molar-refractivity contribution in [2.75, 3.05) is 14.2 Å². The molecule has 6 heteroatoms. The van der Waals surface area contributed by atoms with E-state index in [-0.39, 0.29) is 18.4 Å². The predicted molar refractivity (Wildman–Crippen MR) is 62.3 cm³/mol. The molecule has 0 saturated carbocycles. The van der Waals surface area contributed by atoms with Crippen LogP contribution in [0, 0.1) is 0 Å². The molecule has 0 aromatic heterocycles. The van der Waals surface area contributed by atoms with E-state index < -0.39 is 0 Å². The van der Waals surface area contributed by atoms with Gasteiger partial charge in [0.2, 0.25) is 0 Å². The largest absolute Gasteiger partial charge is 0.493 e. The summed E-state index contributed by atoms with van der Waals surface area (Å²) in [7, 11) is 3.12. The molecule has 5 nitrogen and oxygen atoms in total. The molecule has 1 aromatic carbocycles. The molecule has 0 spiro atoms. The second-order valence-electron chi connectivity index (χ2n) is 2.58. The summed E-state index contributed by atoms with van der Waals surface area (Å²) in [6, 6.07) is 5.17. The van der Waals surface area contributed by atoms with Crippen molar-refractivity contribution in [3.05, 3.63) is 18.2 Å². The lowest BCUT2D eigenvalue weighted by atomic mass is 10.3. The molecule has 0 atom stereocenters. The van der Waals surface area contributed by atoms with Crippen molar-refractivity contribution in [1.29, 1.82) is 0 Å². The fourth-order valence-electron chi connectivity index (χ4n) is 1.04. The third kappa shape index (κ3) is 3.55. The van der Waals surface area contributed by atoms with E-state index in [1.165, 1.54) is 0 Å². The number of rotatable bonds is 3. The van der Waals surface area contributed by atoms with Crippen molar-refractivity contribution in [2.45, 2.75) is 0 Å². The summed E-state index contributed by atoms with van der Waals surface area (Å²) in [4.78, 5) is 3.88. The fraction of sp³-hybridized carbons (Fsp3) is 0.222. The highest BCUT2D eigenvalue weighted by Crippen LogP contribution is 2.30. The topological polar surface area (TPSA) is 82.9 Å². The summed E-state index contributed by atoms with van der Waals surface area (Å²) in [5, 5.41) is 0. The minimum atomic E-state index is 0. The molecule has 0 radical (unpaired) electrons. The Hall–Kier alpha value is -1.62. The lowest BCUT2D eigenvalue weighted by molar-refractivity contribution is 0.355. The van der Waals surface area contributed by atoms with Crippen LogP contribution in [-0.2, 0) is 0 Å². The summed E-state index contributed by atoms with van der Waals surface area (Å²) in [6.07, 6.45) is 0. The second-order valence-corrected chi connectivity index (χ2v) is 2.58. The zero-order valence-corrected chi connectivity index (χ0v) is 9.38. The number of halogens is 1. The van der Waals surface area contributed by atoms with Gasteiger partial charge < -0.3 is 20.9 Å². The number of methoxy groups -OCH3 is 2. The number of nitrogens with zero attached hydrogens (tertiary/aromatic N) is 1. The van der Waals surface area contributed by atoms with Crippen LogP contribution >= 0.6 is 12.4 Å². The summed E-state index contributed by atoms with van der Waals surface area (Å²) in [5.41, 5.74) is 11.1. The molecule has 0 aliphatic carbocycles. The van der Waals surface area contributed by atoms with Gasteiger partial charge in [0.15, 0.2) is 17.5 Å². The zero-order chi connectivity index (χ0) is 10.6. The maximum atomic E-state index is 5.24. The standard InChI is InChI=1S/C9H13N3O2.ClH/c1-13-7-4-3-6(12-9(10)11)5-8(7)14-2;/h3-5H,1-2H3,(H4,10,11,12);1H. The molecular weight excluding hydrogens is 218 g/mol. The first-order valence-electron chi connectivity index (χ1n) is 3.99. The van der Waals surface area contributed by atoms with E-state index in [9.17, 15) is 0 Å². The van der Waals surface area contributed by atoms with Gasteiger partial charge in [0.05, 0.1) is 19.9 Å². The summed E-state index contributed by atoms with van der Waals surface area (Å²) < 4.78 is 10.1. The van der Waals surface area contributed by atoms with Gasteiger partial charge in [-0.1, -0.05) is 0 Å². The lowest BCUT2D eigenvalue weighted by Gasteiger charge is -2.07. The summed E-state index contributed by atoms with van der Waals surface area (Å²) in [6.45, 7) is 0. The Morgan fingerprint density at radius 2 is 1.73 bits per heavy atom. The molecule has 0 unspecified atom stereocenters. The summed E-state index contributed by atoms with van der Waals surface area (Å²) in [5.74, 6) is 1.24. The van der Waals surface area contributed by atoms with Crippen LogP contribution in [0.25, 0.3) is 0 Å². The lowest BCUT2D eigenvalue weighted by Crippen LogP contribution is -2.21. The number of aliphatic imine (C=N–C) groups is 1. The number of ether oxygens (including phenoxy) is 2. The quantitative estimate of drug-likeness (QED) is 0.601. The summed E-state index contributed by atoms with van der Waals surface area (Å²) >= 11 is 0. The Bertz CT molecular complexity index is 351. The molecule has 84 valence electrons. The van der Waals surface area contributed by atoms with Crippen LogP contribution in [0.5, 0.6) is 11.5 Å². The first-order chi connectivity index (χ1) is 6.67. The second kappa shape index (κ2) is 5.98. The predicted octanol–water partition coefficient (Wildman–Crippen LogP) is 1.03. The molecule has 15 heavy (non-hydrogen) atoms. The van der Waals surface area contributed by atoms with Crippen molar-refractivity contribution in [2.24, 2.45) is 16.5 Å². The normalized spacial score (nSPS) is 8.67. The monoisotopic (exact) mass is 231 g/mol. The third-order valence-corrected chi connectivity index (χ3v) is 1.63. The van der Waals surface area contributed by atoms with Gasteiger partial charge in [-0.2, -0.15) is 0 Å². The molecule has 0 heterocycles. The molecule has 0 aliphatic rings. The average molecular weight is 232 g/mol. The van der Waals surface area contributed by atoms with Gasteiger partial charge in [0.25, 0.3) is 0 Å². The van der Waals surface area contributed by atoms with Crippen LogP contribution in [0.15, 0.2) is 23.2 Å². The van der Waals surface area contributed by atoms with E-state index in [1.807, 2.05) is 0 Å². The molecule has 0 bridgehead atoms. The molecule has 0 aliphatic heterocycles. The molecule has 1 rings (SSSR count). The molecule has 1 aromatic rings. The van der Waals surface area contributed by atoms with Crippen LogP contribution in [0.3, 0.4) is 0 Å². The van der Waals surface area contributed by atoms with Crippen LogP contribution < -0.4 is 20.9 Å². The van der Waals surface area contributed by atoms with Crippen molar-refractivity contribution in [3.63, 3.8) is 0 Å². The van der Waals surface area contributed by atoms with Gasteiger partial charge in [-0.15, -0.1) is 12.4 Å². The zero-order valence-electron chi connectivity index (χ0n) is 8.56. The highest BCUT2D eigenvalue weighted by molar-refractivity contribution is 5.85. The Balaban J connectivity index is 0.00000196. The number of benzene rings is 1. The van der Waals surface area contributed by atoms with Gasteiger partial charge in [-0.25, -0.2) is 4.99 Å². The molecule has 0 fully saturated rings. The smallest absolute Gasteiger partial charge is 0.191 e. The first-order valence-corrected chi connectivity index (χ1v) is 3.99. The van der Waals surface area contributed by atoms with Crippen LogP contribution in [-0.4, -0.2) is 20.2 Å². The highest BCUT2D eigenvalue weighted by atomic mass is 35.5. The third-order valence-electron chi connectivity index (χ3n) is 1.63. The van der Waals surface area contributed by atoms with Crippen molar-refractivity contribution < 1.29 is 9.47 Å². The average Bonchev–Trinajstić information content (AvgIpc) is 2.16. The Morgan fingerprint density at radius 3 is 2.20 bits per heavy atom. The van der Waals surface area contributed by atoms with Gasteiger partial charge in [0.1, 0.15) is 0 Å². The van der Waals surface area contributed by atoms with Crippen molar-refractivity contribution in [3.8, 4) is 11.5 Å². The van der Waals surface area contributed by atoms with Gasteiger partial charge in [-0.3, -0.25) is 0 Å². The minimum Gasteiger partial charge on any atom is -0.493 e. The van der Waals surface area contributed by atoms with Gasteiger partial charge in [0, 0.05) is 6.07 Å². The van der Waals surface area contributed by atoms with Gasteiger partial charge >= 0.3 is 0 Å². The Kier molecular flexibility index (Phi) is 5.33. The number of guanidine groups is 1. The maximum absolute atomic E-state index is 5.24.